The lowest BCUT2D eigenvalue weighted by atomic mass is 10.1. The van der Waals surface area contributed by atoms with Gasteiger partial charge in [-0.15, -0.1) is 0 Å². The Morgan fingerprint density at radius 1 is 0.909 bits per heavy atom. The Morgan fingerprint density at radius 3 is 2.33 bits per heavy atom. The summed E-state index contributed by atoms with van der Waals surface area (Å²) < 4.78 is 38.4. The predicted octanol–water partition coefficient (Wildman–Crippen LogP) is 5.79. The quantitative estimate of drug-likeness (QED) is 0.532. The molecular formula is C25H22F3N3O2. The minimum atomic E-state index is -4.39. The Kier molecular flexibility index (Phi) is 6.35. The van der Waals surface area contributed by atoms with Crippen molar-refractivity contribution in [3.8, 4) is 0 Å². The molecule has 1 saturated heterocycles. The van der Waals surface area contributed by atoms with Crippen molar-refractivity contribution >= 4 is 23.3 Å². The number of hydrogen-bond donors (Lipinski definition) is 1. The number of alkyl halides is 3. The number of halogens is 3. The third-order valence-electron chi connectivity index (χ3n) is 5.42. The number of nitrogens with zero attached hydrogens (tertiary/aromatic N) is 2. The molecule has 0 radical (unpaired) electrons. The largest absolute Gasteiger partial charge is 0.416 e. The number of amides is 3. The summed E-state index contributed by atoms with van der Waals surface area (Å²) in [6, 6.07) is 20.5. The van der Waals surface area contributed by atoms with Crippen LogP contribution in [-0.4, -0.2) is 29.9 Å². The lowest BCUT2D eigenvalue weighted by Crippen LogP contribution is -2.49. The van der Waals surface area contributed by atoms with Crippen LogP contribution >= 0.6 is 0 Å². The van der Waals surface area contributed by atoms with E-state index in [0.29, 0.717) is 42.0 Å². The highest BCUT2D eigenvalue weighted by molar-refractivity contribution is 6.04. The molecule has 1 N–H and O–H groups in total. The third kappa shape index (κ3) is 5.34. The number of anilines is 2. The number of nitrogens with one attached hydrogen (secondary N) is 1. The second-order valence-electron chi connectivity index (χ2n) is 7.77. The highest BCUT2D eigenvalue weighted by Crippen LogP contribution is 2.30. The van der Waals surface area contributed by atoms with Crippen molar-refractivity contribution in [3.63, 3.8) is 0 Å². The van der Waals surface area contributed by atoms with Crippen molar-refractivity contribution in [2.24, 2.45) is 0 Å². The van der Waals surface area contributed by atoms with E-state index < -0.39 is 11.7 Å². The summed E-state index contributed by atoms with van der Waals surface area (Å²) in [7, 11) is 0. The molecule has 3 amide bonds. The summed E-state index contributed by atoms with van der Waals surface area (Å²) in [5.74, 6) is -0.248. The lowest BCUT2D eigenvalue weighted by Gasteiger charge is -2.36. The fourth-order valence-corrected chi connectivity index (χ4v) is 3.73. The highest BCUT2D eigenvalue weighted by atomic mass is 19.4. The number of rotatable bonds is 5. The van der Waals surface area contributed by atoms with E-state index in [-0.39, 0.29) is 18.5 Å². The first kappa shape index (κ1) is 22.4. The second-order valence-corrected chi connectivity index (χ2v) is 7.77. The molecule has 1 heterocycles. The van der Waals surface area contributed by atoms with E-state index in [1.807, 2.05) is 6.07 Å². The molecule has 4 rings (SSSR count). The third-order valence-corrected chi connectivity index (χ3v) is 5.42. The van der Waals surface area contributed by atoms with E-state index in [1.165, 1.54) is 12.1 Å². The maximum absolute atomic E-state index is 13.1. The first-order valence-corrected chi connectivity index (χ1v) is 10.5. The van der Waals surface area contributed by atoms with E-state index in [9.17, 15) is 22.8 Å². The average molecular weight is 453 g/mol. The Bertz CT molecular complexity index is 1130. The molecule has 1 aliphatic rings. The van der Waals surface area contributed by atoms with Gasteiger partial charge < -0.3 is 10.2 Å². The fraction of sp³-hybridized carbons (Fsp3) is 0.200. The van der Waals surface area contributed by atoms with Crippen LogP contribution in [0.4, 0.5) is 29.3 Å². The van der Waals surface area contributed by atoms with Crippen LogP contribution in [-0.2, 0) is 12.7 Å². The highest BCUT2D eigenvalue weighted by Gasteiger charge is 2.31. The molecule has 0 saturated carbocycles. The summed E-state index contributed by atoms with van der Waals surface area (Å²) in [5, 5.41) is 2.84. The molecule has 170 valence electrons. The predicted molar refractivity (Wildman–Crippen MR) is 120 cm³/mol. The van der Waals surface area contributed by atoms with Gasteiger partial charge in [-0.1, -0.05) is 36.4 Å². The number of urea groups is 1. The van der Waals surface area contributed by atoms with Gasteiger partial charge in [0.1, 0.15) is 0 Å². The summed E-state index contributed by atoms with van der Waals surface area (Å²) in [6.45, 7) is 1.25. The molecule has 0 aliphatic carbocycles. The molecule has 3 aromatic carbocycles. The van der Waals surface area contributed by atoms with Crippen LogP contribution < -0.4 is 10.2 Å². The zero-order chi connectivity index (χ0) is 23.4. The monoisotopic (exact) mass is 453 g/mol. The molecule has 0 bridgehead atoms. The summed E-state index contributed by atoms with van der Waals surface area (Å²) in [6.07, 6.45) is -3.68. The van der Waals surface area contributed by atoms with Crippen molar-refractivity contribution in [3.05, 3.63) is 95.6 Å². The maximum Gasteiger partial charge on any atom is 0.416 e. The molecule has 33 heavy (non-hydrogen) atoms. The van der Waals surface area contributed by atoms with Crippen molar-refractivity contribution in [1.29, 1.82) is 0 Å². The minimum absolute atomic E-state index is 0.220. The van der Waals surface area contributed by atoms with E-state index in [0.717, 1.165) is 12.1 Å². The van der Waals surface area contributed by atoms with Crippen LogP contribution in [0.3, 0.4) is 0 Å². The number of carbonyl (C=O) groups is 2. The standard InChI is InChI=1S/C25H22F3N3O2/c26-25(27,28)20-12-10-18(11-13-20)17-30-14-5-15-31(24(30)33)22-9-4-8-21(16-22)29-23(32)19-6-2-1-3-7-19/h1-4,6-13,16H,5,14-15,17H2,(H,29,32). The van der Waals surface area contributed by atoms with Gasteiger partial charge in [-0.3, -0.25) is 9.69 Å². The van der Waals surface area contributed by atoms with E-state index >= 15 is 0 Å². The molecule has 5 nitrogen and oxygen atoms in total. The van der Waals surface area contributed by atoms with Crippen LogP contribution in [0.5, 0.6) is 0 Å². The summed E-state index contributed by atoms with van der Waals surface area (Å²) >= 11 is 0. The van der Waals surface area contributed by atoms with Crippen molar-refractivity contribution in [1.82, 2.24) is 4.90 Å². The SMILES string of the molecule is O=C(Nc1cccc(N2CCCN(Cc3ccc(C(F)(F)F)cc3)C2=O)c1)c1ccccc1. The van der Waals surface area contributed by atoms with Crippen LogP contribution in [0, 0.1) is 0 Å². The van der Waals surface area contributed by atoms with Crippen LogP contribution in [0.25, 0.3) is 0 Å². The Hall–Kier alpha value is -3.81. The minimum Gasteiger partial charge on any atom is -0.322 e. The summed E-state index contributed by atoms with van der Waals surface area (Å²) in [5.41, 5.74) is 1.64. The van der Waals surface area contributed by atoms with Gasteiger partial charge in [0.2, 0.25) is 0 Å². The normalized spacial score (nSPS) is 14.3. The first-order chi connectivity index (χ1) is 15.8. The van der Waals surface area contributed by atoms with Crippen molar-refractivity contribution < 1.29 is 22.8 Å². The number of benzene rings is 3. The molecule has 3 aromatic rings. The zero-order valence-electron chi connectivity index (χ0n) is 17.7. The Labute approximate surface area is 189 Å². The van der Waals surface area contributed by atoms with Crippen LogP contribution in [0.2, 0.25) is 0 Å². The number of hydrogen-bond acceptors (Lipinski definition) is 2. The van der Waals surface area contributed by atoms with Crippen molar-refractivity contribution in [2.45, 2.75) is 19.1 Å². The zero-order valence-corrected chi connectivity index (χ0v) is 17.7. The topological polar surface area (TPSA) is 52.7 Å². The van der Waals surface area contributed by atoms with Crippen LogP contribution in [0.15, 0.2) is 78.9 Å². The first-order valence-electron chi connectivity index (χ1n) is 10.5. The molecule has 8 heteroatoms. The average Bonchev–Trinajstić information content (AvgIpc) is 2.81. The van der Waals surface area contributed by atoms with E-state index in [1.54, 1.807) is 58.3 Å². The molecule has 0 aromatic heterocycles. The van der Waals surface area contributed by atoms with Gasteiger partial charge >= 0.3 is 12.2 Å². The fourth-order valence-electron chi connectivity index (χ4n) is 3.73. The van der Waals surface area contributed by atoms with E-state index in [2.05, 4.69) is 5.32 Å². The van der Waals surface area contributed by atoms with Gasteiger partial charge in [0.05, 0.1) is 5.56 Å². The smallest absolute Gasteiger partial charge is 0.322 e. The Balaban J connectivity index is 1.45. The molecule has 0 atom stereocenters. The van der Waals surface area contributed by atoms with Gasteiger partial charge in [-0.25, -0.2) is 4.79 Å². The van der Waals surface area contributed by atoms with Gasteiger partial charge in [0.15, 0.2) is 0 Å². The summed E-state index contributed by atoms with van der Waals surface area (Å²) in [4.78, 5) is 28.8. The lowest BCUT2D eigenvalue weighted by molar-refractivity contribution is -0.137. The molecule has 0 spiro atoms. The van der Waals surface area contributed by atoms with Gasteiger partial charge in [0.25, 0.3) is 5.91 Å². The molecule has 0 unspecified atom stereocenters. The second kappa shape index (κ2) is 9.36. The van der Waals surface area contributed by atoms with Gasteiger partial charge in [-0.2, -0.15) is 13.2 Å². The van der Waals surface area contributed by atoms with Gasteiger partial charge in [-0.05, 0) is 54.4 Å². The Morgan fingerprint density at radius 2 is 1.64 bits per heavy atom. The molecular weight excluding hydrogens is 431 g/mol. The molecule has 1 fully saturated rings. The van der Waals surface area contributed by atoms with Crippen LogP contribution in [0.1, 0.15) is 27.9 Å². The van der Waals surface area contributed by atoms with Gasteiger partial charge in [0, 0.05) is 36.6 Å². The van der Waals surface area contributed by atoms with Crippen molar-refractivity contribution in [2.75, 3.05) is 23.3 Å². The maximum atomic E-state index is 13.1. The van der Waals surface area contributed by atoms with E-state index in [4.69, 9.17) is 0 Å². The molecule has 1 aliphatic heterocycles. The number of carbonyl (C=O) groups excluding carboxylic acids is 2.